The van der Waals surface area contributed by atoms with Crippen LogP contribution >= 0.6 is 0 Å². The number of hydrogen-bond acceptors (Lipinski definition) is 1. The first-order valence-corrected chi connectivity index (χ1v) is 5.93. The molecule has 0 unspecified atom stereocenters. The Morgan fingerprint density at radius 2 is 1.72 bits per heavy atom. The highest BCUT2D eigenvalue weighted by atomic mass is 15.2. The first kappa shape index (κ1) is 9.48. The molecule has 0 aliphatic rings. The van der Waals surface area contributed by atoms with Gasteiger partial charge in [-0.25, -0.2) is 4.98 Å². The smallest absolute Gasteiger partial charge is 0.212 e. The van der Waals surface area contributed by atoms with Crippen molar-refractivity contribution in [3.05, 3.63) is 60.8 Å². The van der Waals surface area contributed by atoms with Crippen LogP contribution in [0.15, 0.2) is 60.8 Å². The molecule has 0 bridgehead atoms. The monoisotopic (exact) mass is 233 g/mol. The second kappa shape index (κ2) is 3.47. The molecule has 4 rings (SSSR count). The van der Waals surface area contributed by atoms with Crippen molar-refractivity contribution in [3.63, 3.8) is 0 Å². The summed E-state index contributed by atoms with van der Waals surface area (Å²) >= 11 is 0. The number of fused-ring (bicyclic) bond motifs is 2. The van der Waals surface area contributed by atoms with Gasteiger partial charge < -0.3 is 4.98 Å². The minimum atomic E-state index is 0.859. The molecule has 4 aromatic rings. The van der Waals surface area contributed by atoms with Crippen molar-refractivity contribution in [2.24, 2.45) is 0 Å². The molecular formula is C15H11N3. The summed E-state index contributed by atoms with van der Waals surface area (Å²) in [5, 5.41) is 1.22. The number of aromatic amines is 1. The minimum absolute atomic E-state index is 0.859. The van der Waals surface area contributed by atoms with Crippen molar-refractivity contribution in [1.29, 1.82) is 0 Å². The molecule has 1 N–H and O–H groups in total. The lowest BCUT2D eigenvalue weighted by molar-refractivity contribution is 1.02. The van der Waals surface area contributed by atoms with Crippen LogP contribution in [-0.4, -0.2) is 14.5 Å². The number of aromatic nitrogens is 3. The van der Waals surface area contributed by atoms with Crippen LogP contribution in [-0.2, 0) is 0 Å². The number of benzene rings is 2. The highest BCUT2D eigenvalue weighted by molar-refractivity contribution is 5.82. The highest BCUT2D eigenvalue weighted by Gasteiger charge is 2.06. The van der Waals surface area contributed by atoms with E-state index in [0.29, 0.717) is 0 Å². The Labute approximate surface area is 104 Å². The predicted molar refractivity (Wildman–Crippen MR) is 72.9 cm³/mol. The maximum absolute atomic E-state index is 4.61. The van der Waals surface area contributed by atoms with E-state index in [0.717, 1.165) is 22.5 Å². The molecule has 0 saturated carbocycles. The SMILES string of the molecule is c1ccc2c(c1)ccn2-c1nc2ccccc2[nH]1. The Hall–Kier alpha value is -2.55. The molecule has 18 heavy (non-hydrogen) atoms. The molecular weight excluding hydrogens is 222 g/mol. The van der Waals surface area contributed by atoms with Crippen LogP contribution in [0.4, 0.5) is 0 Å². The average molecular weight is 233 g/mol. The van der Waals surface area contributed by atoms with Crippen molar-refractivity contribution >= 4 is 21.9 Å². The van der Waals surface area contributed by atoms with E-state index in [-0.39, 0.29) is 0 Å². The summed E-state index contributed by atoms with van der Waals surface area (Å²) in [7, 11) is 0. The van der Waals surface area contributed by atoms with E-state index < -0.39 is 0 Å². The van der Waals surface area contributed by atoms with Crippen molar-refractivity contribution in [1.82, 2.24) is 14.5 Å². The van der Waals surface area contributed by atoms with Crippen LogP contribution < -0.4 is 0 Å². The first-order chi connectivity index (χ1) is 8.92. The lowest BCUT2D eigenvalue weighted by Gasteiger charge is -1.99. The van der Waals surface area contributed by atoms with E-state index in [1.165, 1.54) is 5.39 Å². The van der Waals surface area contributed by atoms with Gasteiger partial charge in [-0.3, -0.25) is 4.57 Å². The zero-order valence-corrected chi connectivity index (χ0v) is 9.67. The van der Waals surface area contributed by atoms with Gasteiger partial charge in [0.05, 0.1) is 16.6 Å². The molecule has 0 aliphatic heterocycles. The fourth-order valence-corrected chi connectivity index (χ4v) is 2.32. The maximum atomic E-state index is 4.61. The predicted octanol–water partition coefficient (Wildman–Crippen LogP) is 3.51. The summed E-state index contributed by atoms with van der Waals surface area (Å²) in [5.74, 6) is 0.859. The molecule has 0 amide bonds. The normalized spacial score (nSPS) is 11.3. The second-order valence-corrected chi connectivity index (χ2v) is 4.32. The third-order valence-corrected chi connectivity index (χ3v) is 3.20. The minimum Gasteiger partial charge on any atom is -0.323 e. The van der Waals surface area contributed by atoms with Gasteiger partial charge >= 0.3 is 0 Å². The largest absolute Gasteiger partial charge is 0.323 e. The Balaban J connectivity index is 2.01. The molecule has 0 atom stereocenters. The van der Waals surface area contributed by atoms with E-state index >= 15 is 0 Å². The van der Waals surface area contributed by atoms with E-state index in [1.807, 2.05) is 42.6 Å². The van der Waals surface area contributed by atoms with Crippen LogP contribution in [0.1, 0.15) is 0 Å². The average Bonchev–Trinajstić information content (AvgIpc) is 3.02. The number of hydrogen-bond donors (Lipinski definition) is 1. The molecule has 0 aliphatic carbocycles. The van der Waals surface area contributed by atoms with Crippen molar-refractivity contribution < 1.29 is 0 Å². The van der Waals surface area contributed by atoms with Gasteiger partial charge in [0.2, 0.25) is 5.95 Å². The summed E-state index contributed by atoms with van der Waals surface area (Å²) in [6, 6.07) is 18.5. The quantitative estimate of drug-likeness (QED) is 0.536. The maximum Gasteiger partial charge on any atom is 0.212 e. The molecule has 2 aromatic carbocycles. The third-order valence-electron chi connectivity index (χ3n) is 3.20. The molecule has 0 fully saturated rings. The van der Waals surface area contributed by atoms with Crippen LogP contribution in [0.2, 0.25) is 0 Å². The molecule has 0 radical (unpaired) electrons. The van der Waals surface area contributed by atoms with Gasteiger partial charge in [-0.2, -0.15) is 0 Å². The second-order valence-electron chi connectivity index (χ2n) is 4.32. The number of H-pyrrole nitrogens is 1. The molecule has 0 spiro atoms. The fraction of sp³-hybridized carbons (Fsp3) is 0. The molecule has 86 valence electrons. The summed E-state index contributed by atoms with van der Waals surface area (Å²) < 4.78 is 2.08. The van der Waals surface area contributed by atoms with Crippen LogP contribution in [0.3, 0.4) is 0 Å². The highest BCUT2D eigenvalue weighted by Crippen LogP contribution is 2.20. The summed E-state index contributed by atoms with van der Waals surface area (Å²) in [6.45, 7) is 0. The Morgan fingerprint density at radius 3 is 2.67 bits per heavy atom. The molecule has 3 heteroatoms. The molecule has 2 aromatic heterocycles. The first-order valence-electron chi connectivity index (χ1n) is 5.93. The van der Waals surface area contributed by atoms with Crippen LogP contribution in [0.25, 0.3) is 27.9 Å². The topological polar surface area (TPSA) is 33.6 Å². The lowest BCUT2D eigenvalue weighted by atomic mass is 10.2. The third kappa shape index (κ3) is 1.27. The zero-order chi connectivity index (χ0) is 11.9. The van der Waals surface area contributed by atoms with Crippen molar-refractivity contribution in [2.45, 2.75) is 0 Å². The van der Waals surface area contributed by atoms with Gasteiger partial charge in [-0.1, -0.05) is 30.3 Å². The summed E-state index contributed by atoms with van der Waals surface area (Å²) in [5.41, 5.74) is 3.21. The van der Waals surface area contributed by atoms with Gasteiger partial charge in [-0.15, -0.1) is 0 Å². The number of imidazole rings is 1. The van der Waals surface area contributed by atoms with Gasteiger partial charge in [0, 0.05) is 11.6 Å². The van der Waals surface area contributed by atoms with Crippen molar-refractivity contribution in [2.75, 3.05) is 0 Å². The van der Waals surface area contributed by atoms with Gasteiger partial charge in [0.1, 0.15) is 0 Å². The van der Waals surface area contributed by atoms with Crippen LogP contribution in [0, 0.1) is 0 Å². The zero-order valence-electron chi connectivity index (χ0n) is 9.67. The number of nitrogens with one attached hydrogen (secondary N) is 1. The Bertz CT molecular complexity index is 806. The van der Waals surface area contributed by atoms with E-state index in [2.05, 4.69) is 32.7 Å². The molecule has 0 saturated heterocycles. The summed E-state index contributed by atoms with van der Waals surface area (Å²) in [6.07, 6.45) is 2.04. The van der Waals surface area contributed by atoms with E-state index in [9.17, 15) is 0 Å². The molecule has 2 heterocycles. The number of nitrogens with zero attached hydrogens (tertiary/aromatic N) is 2. The summed E-state index contributed by atoms with van der Waals surface area (Å²) in [4.78, 5) is 7.95. The fourth-order valence-electron chi connectivity index (χ4n) is 2.32. The van der Waals surface area contributed by atoms with Gasteiger partial charge in [-0.05, 0) is 24.3 Å². The van der Waals surface area contributed by atoms with Gasteiger partial charge in [0.15, 0.2) is 0 Å². The van der Waals surface area contributed by atoms with Crippen molar-refractivity contribution in [3.8, 4) is 5.95 Å². The number of para-hydroxylation sites is 3. The van der Waals surface area contributed by atoms with Gasteiger partial charge in [0.25, 0.3) is 0 Å². The number of rotatable bonds is 1. The van der Waals surface area contributed by atoms with E-state index in [4.69, 9.17) is 0 Å². The Kier molecular flexibility index (Phi) is 1.83. The Morgan fingerprint density at radius 1 is 0.889 bits per heavy atom. The lowest BCUT2D eigenvalue weighted by Crippen LogP contribution is -1.93. The van der Waals surface area contributed by atoms with E-state index in [1.54, 1.807) is 0 Å². The molecule has 3 nitrogen and oxygen atoms in total. The standard InChI is InChI=1S/C15H11N3/c1-4-8-14-11(5-1)9-10-18(14)15-16-12-6-2-3-7-13(12)17-15/h1-10H,(H,16,17). The van der Waals surface area contributed by atoms with Crippen LogP contribution in [0.5, 0.6) is 0 Å².